The van der Waals surface area contributed by atoms with Gasteiger partial charge in [-0.15, -0.1) is 0 Å². The summed E-state index contributed by atoms with van der Waals surface area (Å²) in [7, 11) is 1.60. The van der Waals surface area contributed by atoms with Crippen LogP contribution in [0.25, 0.3) is 11.1 Å². The fourth-order valence-corrected chi connectivity index (χ4v) is 3.18. The predicted molar refractivity (Wildman–Crippen MR) is 115 cm³/mol. The Morgan fingerprint density at radius 2 is 1.55 bits per heavy atom. The summed E-state index contributed by atoms with van der Waals surface area (Å²) in [6.45, 7) is 1.44. The molecule has 0 bridgehead atoms. The van der Waals surface area contributed by atoms with Crippen molar-refractivity contribution in [3.05, 3.63) is 84.4 Å². The molecule has 3 rings (SSSR count). The fraction of sp³-hybridized carbons (Fsp3) is 0.167. The van der Waals surface area contributed by atoms with E-state index >= 15 is 0 Å². The lowest BCUT2D eigenvalue weighted by atomic mass is 10.0. The first kappa shape index (κ1) is 20.1. The molecule has 148 valence electrons. The Morgan fingerprint density at radius 3 is 2.21 bits per heavy atom. The molecule has 0 aliphatic heterocycles. The maximum atomic E-state index is 12.8. The molecule has 0 spiro atoms. The number of hydrogen-bond donors (Lipinski definition) is 2. The Labute approximate surface area is 170 Å². The number of rotatable bonds is 7. The number of nitrogens with one attached hydrogen (secondary N) is 2. The largest absolute Gasteiger partial charge is 0.497 e. The third-order valence-electron chi connectivity index (χ3n) is 4.57. The van der Waals surface area contributed by atoms with Gasteiger partial charge in [0, 0.05) is 18.2 Å². The summed E-state index contributed by atoms with van der Waals surface area (Å²) in [5.74, 6) is 0.350. The van der Waals surface area contributed by atoms with E-state index in [0.717, 1.165) is 28.1 Å². The molecule has 5 nitrogen and oxygen atoms in total. The Balaban J connectivity index is 1.78. The number of benzene rings is 3. The quantitative estimate of drug-likeness (QED) is 0.623. The second-order valence-electron chi connectivity index (χ2n) is 6.69. The second-order valence-corrected chi connectivity index (χ2v) is 6.69. The lowest BCUT2D eigenvalue weighted by Crippen LogP contribution is -2.29. The smallest absolute Gasteiger partial charge is 0.226 e. The number of carbonyl (C=O) groups excluding carboxylic acids is 2. The molecule has 0 aliphatic carbocycles. The SMILES string of the molecule is COc1ccc([C@@H](CC(=O)Nc2ccccc2-c2ccccc2)NC(C)=O)cc1. The van der Waals surface area contributed by atoms with Gasteiger partial charge in [0.05, 0.1) is 19.6 Å². The van der Waals surface area contributed by atoms with Crippen molar-refractivity contribution in [1.82, 2.24) is 5.32 Å². The molecule has 0 fully saturated rings. The molecule has 0 aliphatic rings. The van der Waals surface area contributed by atoms with Gasteiger partial charge < -0.3 is 15.4 Å². The molecule has 2 amide bonds. The molecule has 3 aromatic carbocycles. The molecule has 0 radical (unpaired) electrons. The van der Waals surface area contributed by atoms with Gasteiger partial charge in [0.25, 0.3) is 0 Å². The Hall–Kier alpha value is -3.60. The van der Waals surface area contributed by atoms with Gasteiger partial charge in [0.15, 0.2) is 0 Å². The van der Waals surface area contributed by atoms with Crippen LogP contribution >= 0.6 is 0 Å². The number of amides is 2. The van der Waals surface area contributed by atoms with Crippen LogP contribution in [-0.2, 0) is 9.59 Å². The Morgan fingerprint density at radius 1 is 0.897 bits per heavy atom. The third-order valence-corrected chi connectivity index (χ3v) is 4.57. The number of ether oxygens (including phenoxy) is 1. The summed E-state index contributed by atoms with van der Waals surface area (Å²) in [4.78, 5) is 24.5. The summed E-state index contributed by atoms with van der Waals surface area (Å²) in [5, 5.41) is 5.85. The maximum absolute atomic E-state index is 12.8. The molecule has 0 aromatic heterocycles. The molecule has 0 saturated carbocycles. The van der Waals surface area contributed by atoms with Crippen LogP contribution in [0.3, 0.4) is 0 Å². The first-order chi connectivity index (χ1) is 14.1. The highest BCUT2D eigenvalue weighted by Gasteiger charge is 2.18. The molecule has 2 N–H and O–H groups in total. The summed E-state index contributed by atoms with van der Waals surface area (Å²) >= 11 is 0. The minimum Gasteiger partial charge on any atom is -0.497 e. The van der Waals surface area contributed by atoms with Crippen molar-refractivity contribution in [2.75, 3.05) is 12.4 Å². The molecular formula is C24H24N2O3. The first-order valence-corrected chi connectivity index (χ1v) is 9.42. The zero-order valence-electron chi connectivity index (χ0n) is 16.5. The average Bonchev–Trinajstić information content (AvgIpc) is 2.74. The van der Waals surface area contributed by atoms with Crippen LogP contribution in [0.2, 0.25) is 0 Å². The van der Waals surface area contributed by atoms with Crippen molar-refractivity contribution in [2.45, 2.75) is 19.4 Å². The van der Waals surface area contributed by atoms with Crippen LogP contribution in [0, 0.1) is 0 Å². The van der Waals surface area contributed by atoms with Gasteiger partial charge in [-0.3, -0.25) is 9.59 Å². The Kier molecular flexibility index (Phi) is 6.63. The second kappa shape index (κ2) is 9.55. The highest BCUT2D eigenvalue weighted by molar-refractivity contribution is 5.96. The van der Waals surface area contributed by atoms with E-state index in [0.29, 0.717) is 0 Å². The minimum absolute atomic E-state index is 0.120. The maximum Gasteiger partial charge on any atom is 0.226 e. The van der Waals surface area contributed by atoms with Crippen LogP contribution < -0.4 is 15.4 Å². The van der Waals surface area contributed by atoms with Crippen LogP contribution in [0.15, 0.2) is 78.9 Å². The van der Waals surface area contributed by atoms with E-state index in [2.05, 4.69) is 10.6 Å². The van der Waals surface area contributed by atoms with Gasteiger partial charge >= 0.3 is 0 Å². The molecule has 3 aromatic rings. The van der Waals surface area contributed by atoms with E-state index in [1.807, 2.05) is 78.9 Å². The van der Waals surface area contributed by atoms with Crippen LogP contribution in [0.4, 0.5) is 5.69 Å². The molecule has 0 heterocycles. The van der Waals surface area contributed by atoms with Crippen LogP contribution in [0.1, 0.15) is 24.9 Å². The van der Waals surface area contributed by atoms with Crippen LogP contribution in [-0.4, -0.2) is 18.9 Å². The van der Waals surface area contributed by atoms with E-state index in [9.17, 15) is 9.59 Å². The van der Waals surface area contributed by atoms with Gasteiger partial charge in [0.1, 0.15) is 5.75 Å². The lowest BCUT2D eigenvalue weighted by Gasteiger charge is -2.19. The highest BCUT2D eigenvalue weighted by atomic mass is 16.5. The van der Waals surface area contributed by atoms with E-state index in [1.54, 1.807) is 7.11 Å². The third kappa shape index (κ3) is 5.45. The minimum atomic E-state index is -0.428. The summed E-state index contributed by atoms with van der Waals surface area (Å²) in [6.07, 6.45) is 0.120. The first-order valence-electron chi connectivity index (χ1n) is 9.42. The zero-order chi connectivity index (χ0) is 20.6. The van der Waals surface area contributed by atoms with Crippen molar-refractivity contribution in [1.29, 1.82) is 0 Å². The van der Waals surface area contributed by atoms with Crippen molar-refractivity contribution < 1.29 is 14.3 Å². The Bertz CT molecular complexity index is 969. The lowest BCUT2D eigenvalue weighted by molar-refractivity contribution is -0.120. The molecular weight excluding hydrogens is 364 g/mol. The average molecular weight is 388 g/mol. The summed E-state index contributed by atoms with van der Waals surface area (Å²) in [6, 6.07) is 24.5. The van der Waals surface area contributed by atoms with Gasteiger partial charge in [-0.1, -0.05) is 60.7 Å². The number of hydrogen-bond acceptors (Lipinski definition) is 3. The van der Waals surface area contributed by atoms with Crippen molar-refractivity contribution in [3.8, 4) is 16.9 Å². The number of para-hydroxylation sites is 1. The predicted octanol–water partition coefficient (Wildman–Crippen LogP) is 4.57. The molecule has 0 unspecified atom stereocenters. The molecule has 29 heavy (non-hydrogen) atoms. The van der Waals surface area contributed by atoms with Crippen LogP contribution in [0.5, 0.6) is 5.75 Å². The van der Waals surface area contributed by atoms with E-state index in [4.69, 9.17) is 4.74 Å². The van der Waals surface area contributed by atoms with Gasteiger partial charge in [0.2, 0.25) is 11.8 Å². The highest BCUT2D eigenvalue weighted by Crippen LogP contribution is 2.28. The van der Waals surface area contributed by atoms with Crippen molar-refractivity contribution >= 4 is 17.5 Å². The number of carbonyl (C=O) groups is 2. The van der Waals surface area contributed by atoms with E-state index in [1.165, 1.54) is 6.92 Å². The van der Waals surface area contributed by atoms with E-state index < -0.39 is 6.04 Å². The molecule has 1 atom stereocenters. The molecule has 5 heteroatoms. The summed E-state index contributed by atoms with van der Waals surface area (Å²) in [5.41, 5.74) is 3.55. The number of methoxy groups -OCH3 is 1. The topological polar surface area (TPSA) is 67.4 Å². The summed E-state index contributed by atoms with van der Waals surface area (Å²) < 4.78 is 5.18. The van der Waals surface area contributed by atoms with E-state index in [-0.39, 0.29) is 18.2 Å². The molecule has 0 saturated heterocycles. The fourth-order valence-electron chi connectivity index (χ4n) is 3.18. The van der Waals surface area contributed by atoms with Gasteiger partial charge in [-0.25, -0.2) is 0 Å². The standard InChI is InChI=1S/C24H24N2O3/c1-17(27)25-23(19-12-14-20(29-2)15-13-19)16-24(28)26-22-11-7-6-10-21(22)18-8-4-3-5-9-18/h3-15,23H,16H2,1-2H3,(H,25,27)(H,26,28)/t23-/m1/s1. The zero-order valence-corrected chi connectivity index (χ0v) is 16.5. The van der Waals surface area contributed by atoms with Gasteiger partial charge in [-0.2, -0.15) is 0 Å². The number of anilines is 1. The van der Waals surface area contributed by atoms with Crippen molar-refractivity contribution in [2.24, 2.45) is 0 Å². The van der Waals surface area contributed by atoms with Crippen molar-refractivity contribution in [3.63, 3.8) is 0 Å². The van der Waals surface area contributed by atoms with Gasteiger partial charge in [-0.05, 0) is 29.3 Å². The normalized spacial score (nSPS) is 11.4. The monoisotopic (exact) mass is 388 g/mol.